The number of ether oxygens (including phenoxy) is 1. The molecule has 3 aromatic rings. The second-order valence-electron chi connectivity index (χ2n) is 4.98. The van der Waals surface area contributed by atoms with E-state index in [0.717, 1.165) is 16.6 Å². The van der Waals surface area contributed by atoms with Crippen LogP contribution >= 0.6 is 11.8 Å². The number of carbonyl (C=O) groups excluding carboxylic acids is 1. The van der Waals surface area contributed by atoms with E-state index in [4.69, 9.17) is 4.74 Å². The Labute approximate surface area is 144 Å². The van der Waals surface area contributed by atoms with E-state index in [0.29, 0.717) is 5.03 Å². The summed E-state index contributed by atoms with van der Waals surface area (Å²) in [5, 5.41) is 0.713. The molecule has 3 rings (SSSR count). The molecular formula is C19H16N2O2S. The van der Waals surface area contributed by atoms with Gasteiger partial charge in [-0.2, -0.15) is 0 Å². The van der Waals surface area contributed by atoms with Crippen molar-refractivity contribution in [2.24, 2.45) is 0 Å². The van der Waals surface area contributed by atoms with Crippen molar-refractivity contribution >= 4 is 34.8 Å². The van der Waals surface area contributed by atoms with Crippen molar-refractivity contribution in [2.45, 2.75) is 5.03 Å². The molecular weight excluding hydrogens is 320 g/mol. The minimum Gasteiger partial charge on any atom is -0.461 e. The molecule has 0 aliphatic carbocycles. The van der Waals surface area contributed by atoms with Gasteiger partial charge < -0.3 is 4.74 Å². The topological polar surface area (TPSA) is 52.1 Å². The van der Waals surface area contributed by atoms with Gasteiger partial charge in [0, 0.05) is 0 Å². The Hall–Kier alpha value is -2.66. The van der Waals surface area contributed by atoms with Crippen molar-refractivity contribution in [3.05, 3.63) is 72.4 Å². The van der Waals surface area contributed by atoms with Crippen molar-refractivity contribution in [1.29, 1.82) is 0 Å². The van der Waals surface area contributed by atoms with E-state index < -0.39 is 0 Å². The molecule has 120 valence electrons. The van der Waals surface area contributed by atoms with Gasteiger partial charge in [-0.1, -0.05) is 60.3 Å². The van der Waals surface area contributed by atoms with Crippen LogP contribution < -0.4 is 0 Å². The lowest BCUT2D eigenvalue weighted by molar-refractivity contribution is -0.139. The molecule has 0 fully saturated rings. The predicted molar refractivity (Wildman–Crippen MR) is 96.7 cm³/mol. The van der Waals surface area contributed by atoms with E-state index in [1.165, 1.54) is 11.8 Å². The number of benzene rings is 2. The van der Waals surface area contributed by atoms with E-state index in [1.807, 2.05) is 66.7 Å². The third-order valence-corrected chi connectivity index (χ3v) is 4.09. The Bertz CT molecular complexity index is 850. The maximum atomic E-state index is 11.8. The number of aromatic nitrogens is 2. The summed E-state index contributed by atoms with van der Waals surface area (Å²) >= 11 is 1.33. The first-order valence-corrected chi connectivity index (χ1v) is 8.51. The molecule has 0 amide bonds. The number of nitrogens with zero attached hydrogens (tertiary/aromatic N) is 2. The lowest BCUT2D eigenvalue weighted by Crippen LogP contribution is -2.07. The van der Waals surface area contributed by atoms with Gasteiger partial charge in [0.1, 0.15) is 11.6 Å². The van der Waals surface area contributed by atoms with Crippen LogP contribution in [0.15, 0.2) is 71.9 Å². The summed E-state index contributed by atoms with van der Waals surface area (Å²) in [7, 11) is 0. The van der Waals surface area contributed by atoms with Gasteiger partial charge in [-0.15, -0.1) is 0 Å². The summed E-state index contributed by atoms with van der Waals surface area (Å²) in [5.74, 6) is -0.0562. The standard InChI is InChI=1S/C19H16N2O2S/c22-19(23-12-6-9-15-7-2-1-3-8-15)14-24-18-13-20-16-10-4-5-11-17(16)21-18/h1-11,13H,12,14H2/b9-6+. The molecule has 0 saturated carbocycles. The van der Waals surface area contributed by atoms with Gasteiger partial charge in [0.15, 0.2) is 0 Å². The lowest BCUT2D eigenvalue weighted by atomic mass is 10.2. The predicted octanol–water partition coefficient (Wildman–Crippen LogP) is 3.98. The van der Waals surface area contributed by atoms with Crippen LogP contribution in [0.25, 0.3) is 17.1 Å². The average molecular weight is 336 g/mol. The molecule has 5 heteroatoms. The van der Waals surface area contributed by atoms with Crippen molar-refractivity contribution in [1.82, 2.24) is 9.97 Å². The van der Waals surface area contributed by atoms with E-state index in [1.54, 1.807) is 6.20 Å². The van der Waals surface area contributed by atoms with Crippen LogP contribution in [0.3, 0.4) is 0 Å². The summed E-state index contributed by atoms with van der Waals surface area (Å²) in [6, 6.07) is 17.5. The van der Waals surface area contributed by atoms with Crippen LogP contribution in [-0.4, -0.2) is 28.3 Å². The van der Waals surface area contributed by atoms with Gasteiger partial charge in [-0.25, -0.2) is 4.98 Å². The summed E-state index contributed by atoms with van der Waals surface area (Å²) in [4.78, 5) is 20.5. The molecule has 4 nitrogen and oxygen atoms in total. The largest absolute Gasteiger partial charge is 0.461 e. The normalized spacial score (nSPS) is 11.0. The Balaban J connectivity index is 1.45. The molecule has 0 spiro atoms. The fourth-order valence-corrected chi connectivity index (χ4v) is 2.71. The number of esters is 1. The highest BCUT2D eigenvalue weighted by Crippen LogP contribution is 2.17. The molecule has 0 aliphatic heterocycles. The van der Waals surface area contributed by atoms with Crippen LogP contribution in [0.2, 0.25) is 0 Å². The summed E-state index contributed by atoms with van der Waals surface area (Å²) in [6.07, 6.45) is 5.43. The molecule has 1 aromatic heterocycles. The second kappa shape index (κ2) is 8.26. The Morgan fingerprint density at radius 1 is 1.04 bits per heavy atom. The van der Waals surface area contributed by atoms with Crippen molar-refractivity contribution in [3.63, 3.8) is 0 Å². The minimum atomic E-state index is -0.271. The number of rotatable bonds is 6. The van der Waals surface area contributed by atoms with Crippen LogP contribution in [0, 0.1) is 0 Å². The van der Waals surface area contributed by atoms with E-state index in [-0.39, 0.29) is 18.3 Å². The third-order valence-electron chi connectivity index (χ3n) is 3.21. The zero-order valence-electron chi connectivity index (χ0n) is 13.0. The number of thioether (sulfide) groups is 1. The summed E-state index contributed by atoms with van der Waals surface area (Å²) in [6.45, 7) is 0.262. The zero-order valence-corrected chi connectivity index (χ0v) is 13.8. The lowest BCUT2D eigenvalue weighted by Gasteiger charge is -2.03. The first-order valence-electron chi connectivity index (χ1n) is 7.53. The van der Waals surface area contributed by atoms with Crippen LogP contribution in [0.4, 0.5) is 0 Å². The third kappa shape index (κ3) is 4.67. The molecule has 0 atom stereocenters. The van der Waals surface area contributed by atoms with Crippen LogP contribution in [-0.2, 0) is 9.53 Å². The molecule has 0 aliphatic rings. The first-order chi connectivity index (χ1) is 11.8. The summed E-state index contributed by atoms with van der Waals surface area (Å²) < 4.78 is 5.18. The number of fused-ring (bicyclic) bond motifs is 1. The van der Waals surface area contributed by atoms with Gasteiger partial charge >= 0.3 is 5.97 Å². The number of hydrogen-bond acceptors (Lipinski definition) is 5. The maximum Gasteiger partial charge on any atom is 0.316 e. The van der Waals surface area contributed by atoms with Gasteiger partial charge in [-0.3, -0.25) is 9.78 Å². The molecule has 0 radical (unpaired) electrons. The van der Waals surface area contributed by atoms with Crippen molar-refractivity contribution in [3.8, 4) is 0 Å². The second-order valence-corrected chi connectivity index (χ2v) is 5.98. The SMILES string of the molecule is O=C(CSc1cnc2ccccc2n1)OC/C=C/c1ccccc1. The Morgan fingerprint density at radius 3 is 2.62 bits per heavy atom. The maximum absolute atomic E-state index is 11.8. The monoisotopic (exact) mass is 336 g/mol. The molecule has 24 heavy (non-hydrogen) atoms. The highest BCUT2D eigenvalue weighted by Gasteiger charge is 2.05. The quantitative estimate of drug-likeness (QED) is 0.503. The highest BCUT2D eigenvalue weighted by atomic mass is 32.2. The minimum absolute atomic E-state index is 0.214. The molecule has 0 bridgehead atoms. The molecule has 0 N–H and O–H groups in total. The van der Waals surface area contributed by atoms with Gasteiger partial charge in [0.25, 0.3) is 0 Å². The van der Waals surface area contributed by atoms with Gasteiger partial charge in [-0.05, 0) is 23.8 Å². The smallest absolute Gasteiger partial charge is 0.316 e. The first kappa shape index (κ1) is 16.2. The molecule has 2 aromatic carbocycles. The van der Waals surface area contributed by atoms with Crippen molar-refractivity contribution in [2.75, 3.05) is 12.4 Å². The molecule has 0 saturated heterocycles. The number of hydrogen-bond donors (Lipinski definition) is 0. The highest BCUT2D eigenvalue weighted by molar-refractivity contribution is 7.99. The fourth-order valence-electron chi connectivity index (χ4n) is 2.07. The van der Waals surface area contributed by atoms with Crippen molar-refractivity contribution < 1.29 is 9.53 Å². The van der Waals surface area contributed by atoms with Gasteiger partial charge in [0.2, 0.25) is 0 Å². The Kier molecular flexibility index (Phi) is 5.58. The summed E-state index contributed by atoms with van der Waals surface area (Å²) in [5.41, 5.74) is 2.74. The van der Waals surface area contributed by atoms with E-state index in [2.05, 4.69) is 9.97 Å². The van der Waals surface area contributed by atoms with Crippen LogP contribution in [0.5, 0.6) is 0 Å². The number of para-hydroxylation sites is 2. The molecule has 0 unspecified atom stereocenters. The average Bonchev–Trinajstić information content (AvgIpc) is 2.64. The van der Waals surface area contributed by atoms with E-state index in [9.17, 15) is 4.79 Å². The van der Waals surface area contributed by atoms with Crippen LogP contribution in [0.1, 0.15) is 5.56 Å². The van der Waals surface area contributed by atoms with Gasteiger partial charge in [0.05, 0.1) is 23.0 Å². The Morgan fingerprint density at radius 2 is 1.79 bits per heavy atom. The number of carbonyl (C=O) groups is 1. The fraction of sp³-hybridized carbons (Fsp3) is 0.105. The molecule has 1 heterocycles. The van der Waals surface area contributed by atoms with E-state index >= 15 is 0 Å². The zero-order chi connectivity index (χ0) is 16.6.